The predicted molar refractivity (Wildman–Crippen MR) is 109 cm³/mol. The normalized spacial score (nSPS) is 11.6. The molecule has 146 valence electrons. The van der Waals surface area contributed by atoms with Crippen LogP contribution in [0.3, 0.4) is 0 Å². The number of alkyl halides is 3. The number of benzene rings is 3. The van der Waals surface area contributed by atoms with Crippen molar-refractivity contribution in [2.45, 2.75) is 13.1 Å². The van der Waals surface area contributed by atoms with E-state index in [1.165, 1.54) is 23.5 Å². The molecule has 0 saturated heterocycles. The number of aromatic nitrogens is 1. The maximum absolute atomic E-state index is 12.9. The van der Waals surface area contributed by atoms with E-state index in [4.69, 9.17) is 0 Å². The third-order valence-electron chi connectivity index (χ3n) is 4.59. The number of carbonyl (C=O) groups excluding carboxylic acids is 1. The zero-order chi connectivity index (χ0) is 20.6. The van der Waals surface area contributed by atoms with Crippen molar-refractivity contribution < 1.29 is 18.0 Å². The van der Waals surface area contributed by atoms with E-state index in [2.05, 4.69) is 10.3 Å². The number of anilines is 1. The molecule has 3 nitrogen and oxygen atoms in total. The lowest BCUT2D eigenvalue weighted by atomic mass is 9.97. The second kappa shape index (κ2) is 7.33. The summed E-state index contributed by atoms with van der Waals surface area (Å²) in [7, 11) is 0. The molecule has 29 heavy (non-hydrogen) atoms. The van der Waals surface area contributed by atoms with Gasteiger partial charge in [-0.3, -0.25) is 4.79 Å². The molecular formula is C22H15F3N2OS. The highest BCUT2D eigenvalue weighted by Gasteiger charge is 2.30. The van der Waals surface area contributed by atoms with Gasteiger partial charge in [-0.25, -0.2) is 4.98 Å². The second-order valence-electron chi connectivity index (χ2n) is 6.60. The van der Waals surface area contributed by atoms with Crippen molar-refractivity contribution >= 4 is 33.1 Å². The van der Waals surface area contributed by atoms with Gasteiger partial charge in [0.15, 0.2) is 0 Å². The molecule has 4 aromatic rings. The average Bonchev–Trinajstić information content (AvgIpc) is 3.15. The maximum Gasteiger partial charge on any atom is 0.416 e. The van der Waals surface area contributed by atoms with Gasteiger partial charge < -0.3 is 5.32 Å². The molecule has 0 atom stereocenters. The van der Waals surface area contributed by atoms with Crippen LogP contribution in [-0.2, 0) is 6.18 Å². The van der Waals surface area contributed by atoms with Crippen LogP contribution in [0.1, 0.15) is 21.5 Å². The summed E-state index contributed by atoms with van der Waals surface area (Å²) in [6, 6.07) is 15.7. The number of nitrogens with one attached hydrogen (secondary N) is 1. The summed E-state index contributed by atoms with van der Waals surface area (Å²) in [4.78, 5) is 16.9. The Morgan fingerprint density at radius 2 is 1.86 bits per heavy atom. The van der Waals surface area contributed by atoms with E-state index in [0.29, 0.717) is 5.56 Å². The first-order valence-corrected chi connectivity index (χ1v) is 9.62. The molecule has 0 bridgehead atoms. The van der Waals surface area contributed by atoms with Gasteiger partial charge in [0.1, 0.15) is 0 Å². The monoisotopic (exact) mass is 412 g/mol. The van der Waals surface area contributed by atoms with E-state index < -0.39 is 17.6 Å². The Bertz CT molecular complexity index is 1210. The standard InChI is InChI=1S/C22H15F3N2OS/c1-13-5-6-15(9-18(13)14-7-8-19-20(10-14)29-12-26-19)21(28)27-17-4-2-3-16(11-17)22(23,24)25/h2-12H,1H3,(H,27,28). The van der Waals surface area contributed by atoms with Crippen LogP contribution in [0.2, 0.25) is 0 Å². The molecule has 0 aliphatic carbocycles. The molecule has 4 rings (SSSR count). The van der Waals surface area contributed by atoms with Crippen molar-refractivity contribution in [2.24, 2.45) is 0 Å². The van der Waals surface area contributed by atoms with Crippen molar-refractivity contribution in [3.8, 4) is 11.1 Å². The zero-order valence-corrected chi connectivity index (χ0v) is 16.1. The first kappa shape index (κ1) is 19.1. The molecule has 1 N–H and O–H groups in total. The van der Waals surface area contributed by atoms with E-state index >= 15 is 0 Å². The van der Waals surface area contributed by atoms with Gasteiger partial charge in [-0.15, -0.1) is 11.3 Å². The van der Waals surface area contributed by atoms with E-state index in [-0.39, 0.29) is 5.69 Å². The number of halogens is 3. The SMILES string of the molecule is Cc1ccc(C(=O)Nc2cccc(C(F)(F)F)c2)cc1-c1ccc2ncsc2c1. The maximum atomic E-state index is 12.9. The average molecular weight is 412 g/mol. The predicted octanol–water partition coefficient (Wildman–Crippen LogP) is 6.54. The van der Waals surface area contributed by atoms with Crippen LogP contribution in [0.25, 0.3) is 21.3 Å². The van der Waals surface area contributed by atoms with E-state index in [0.717, 1.165) is 39.0 Å². The molecule has 0 radical (unpaired) electrons. The Hall–Kier alpha value is -3.19. The minimum atomic E-state index is -4.47. The van der Waals surface area contributed by atoms with Crippen molar-refractivity contribution in [1.82, 2.24) is 4.98 Å². The minimum Gasteiger partial charge on any atom is -0.322 e. The molecule has 0 unspecified atom stereocenters. The molecule has 0 fully saturated rings. The molecule has 0 saturated carbocycles. The Morgan fingerprint density at radius 3 is 2.66 bits per heavy atom. The van der Waals surface area contributed by atoms with Crippen molar-refractivity contribution in [3.05, 3.63) is 82.9 Å². The van der Waals surface area contributed by atoms with Crippen molar-refractivity contribution in [3.63, 3.8) is 0 Å². The molecule has 3 aromatic carbocycles. The van der Waals surface area contributed by atoms with E-state index in [9.17, 15) is 18.0 Å². The van der Waals surface area contributed by atoms with Crippen LogP contribution in [0.15, 0.2) is 66.2 Å². The summed E-state index contributed by atoms with van der Waals surface area (Å²) in [5.41, 5.74) is 5.17. The molecular weight excluding hydrogens is 397 g/mol. The molecule has 0 aliphatic heterocycles. The lowest BCUT2D eigenvalue weighted by molar-refractivity contribution is -0.137. The summed E-state index contributed by atoms with van der Waals surface area (Å²) in [5.74, 6) is -0.468. The zero-order valence-electron chi connectivity index (χ0n) is 15.2. The van der Waals surface area contributed by atoms with Gasteiger partial charge in [0.2, 0.25) is 0 Å². The third-order valence-corrected chi connectivity index (χ3v) is 5.38. The highest BCUT2D eigenvalue weighted by Crippen LogP contribution is 2.32. The number of carbonyl (C=O) groups is 1. The molecule has 0 aliphatic rings. The molecule has 7 heteroatoms. The number of fused-ring (bicyclic) bond motifs is 1. The number of hydrogen-bond donors (Lipinski definition) is 1. The van der Waals surface area contributed by atoms with Crippen LogP contribution in [0.4, 0.5) is 18.9 Å². The Balaban J connectivity index is 1.64. The summed E-state index contributed by atoms with van der Waals surface area (Å²) < 4.78 is 39.7. The van der Waals surface area contributed by atoms with Crippen LogP contribution >= 0.6 is 11.3 Å². The van der Waals surface area contributed by atoms with Gasteiger partial charge >= 0.3 is 6.18 Å². The lowest BCUT2D eigenvalue weighted by Crippen LogP contribution is -2.13. The molecule has 1 aromatic heterocycles. The number of rotatable bonds is 3. The topological polar surface area (TPSA) is 42.0 Å². The van der Waals surface area contributed by atoms with E-state index in [1.54, 1.807) is 17.6 Å². The lowest BCUT2D eigenvalue weighted by Gasteiger charge is -2.12. The highest BCUT2D eigenvalue weighted by atomic mass is 32.1. The second-order valence-corrected chi connectivity index (χ2v) is 7.48. The van der Waals surface area contributed by atoms with Crippen molar-refractivity contribution in [2.75, 3.05) is 5.32 Å². The van der Waals surface area contributed by atoms with Crippen molar-refractivity contribution in [1.29, 1.82) is 0 Å². The summed E-state index contributed by atoms with van der Waals surface area (Å²) in [5, 5.41) is 2.55. The fourth-order valence-electron chi connectivity index (χ4n) is 3.07. The summed E-state index contributed by atoms with van der Waals surface area (Å²) >= 11 is 1.54. The fourth-order valence-corrected chi connectivity index (χ4v) is 3.79. The van der Waals surface area contributed by atoms with Gasteiger partial charge in [-0.1, -0.05) is 18.2 Å². The number of amides is 1. The minimum absolute atomic E-state index is 0.0954. The largest absolute Gasteiger partial charge is 0.416 e. The third kappa shape index (κ3) is 4.00. The van der Waals surface area contributed by atoms with E-state index in [1.807, 2.05) is 31.2 Å². The van der Waals surface area contributed by atoms with Gasteiger partial charge in [0.05, 0.1) is 21.3 Å². The molecule has 1 amide bonds. The Labute approximate surface area is 168 Å². The van der Waals surface area contributed by atoms with Gasteiger partial charge in [-0.2, -0.15) is 13.2 Å². The van der Waals surface area contributed by atoms with Gasteiger partial charge in [0.25, 0.3) is 5.91 Å². The van der Waals surface area contributed by atoms with Gasteiger partial charge in [-0.05, 0) is 66.1 Å². The molecule has 1 heterocycles. The number of thiazole rings is 1. The van der Waals surface area contributed by atoms with Crippen LogP contribution in [0.5, 0.6) is 0 Å². The van der Waals surface area contributed by atoms with Crippen LogP contribution in [-0.4, -0.2) is 10.9 Å². The molecule has 0 spiro atoms. The first-order chi connectivity index (χ1) is 13.8. The first-order valence-electron chi connectivity index (χ1n) is 8.74. The summed E-state index contributed by atoms with van der Waals surface area (Å²) in [6.07, 6.45) is -4.47. The number of aryl methyl sites for hydroxylation is 1. The Kier molecular flexibility index (Phi) is 4.84. The van der Waals surface area contributed by atoms with Crippen LogP contribution < -0.4 is 5.32 Å². The smallest absolute Gasteiger partial charge is 0.322 e. The van der Waals surface area contributed by atoms with Gasteiger partial charge in [0, 0.05) is 11.3 Å². The highest BCUT2D eigenvalue weighted by molar-refractivity contribution is 7.16. The number of nitrogens with zero attached hydrogens (tertiary/aromatic N) is 1. The Morgan fingerprint density at radius 1 is 1.03 bits per heavy atom. The fraction of sp³-hybridized carbons (Fsp3) is 0.0909. The van der Waals surface area contributed by atoms with Crippen LogP contribution in [0, 0.1) is 6.92 Å². The quantitative estimate of drug-likeness (QED) is 0.415. The summed E-state index contributed by atoms with van der Waals surface area (Å²) in [6.45, 7) is 1.95. The number of hydrogen-bond acceptors (Lipinski definition) is 3.